The van der Waals surface area contributed by atoms with Crippen LogP contribution < -0.4 is 0 Å². The van der Waals surface area contributed by atoms with Gasteiger partial charge in [-0.15, -0.1) is 11.3 Å². The van der Waals surface area contributed by atoms with Gasteiger partial charge in [-0.25, -0.2) is 0 Å². The van der Waals surface area contributed by atoms with Crippen molar-refractivity contribution >= 4 is 11.3 Å². The molecule has 1 fully saturated rings. The van der Waals surface area contributed by atoms with Crippen molar-refractivity contribution in [1.29, 1.82) is 0 Å². The third-order valence-electron chi connectivity index (χ3n) is 4.84. The maximum Gasteiger partial charge on any atom is 0.0794 e. The van der Waals surface area contributed by atoms with E-state index in [1.165, 1.54) is 16.0 Å². The van der Waals surface area contributed by atoms with Crippen LogP contribution >= 0.6 is 11.3 Å². The Balaban J connectivity index is 1.46. The molecule has 4 heterocycles. The molecule has 0 aromatic carbocycles. The van der Waals surface area contributed by atoms with Crippen LogP contribution in [0, 0.1) is 0 Å². The fraction of sp³-hybridized carbons (Fsp3) is 0.400. The van der Waals surface area contributed by atoms with Crippen LogP contribution in [0.25, 0.3) is 10.6 Å². The summed E-state index contributed by atoms with van der Waals surface area (Å²) in [5.41, 5.74) is 3.61. The van der Waals surface area contributed by atoms with Gasteiger partial charge in [-0.05, 0) is 23.1 Å². The van der Waals surface area contributed by atoms with Crippen LogP contribution in [-0.2, 0) is 17.8 Å². The number of hydrogen-bond donors (Lipinski definition) is 1. The van der Waals surface area contributed by atoms with E-state index in [2.05, 4.69) is 48.6 Å². The number of hydrogen-bond acceptors (Lipinski definition) is 6. The smallest absolute Gasteiger partial charge is 0.0794 e. The van der Waals surface area contributed by atoms with E-state index in [1.54, 1.807) is 11.3 Å². The summed E-state index contributed by atoms with van der Waals surface area (Å²) in [5.74, 6) is 0. The first-order chi connectivity index (χ1) is 13.4. The Morgan fingerprint density at radius 1 is 1.15 bits per heavy atom. The highest BCUT2D eigenvalue weighted by atomic mass is 32.1. The molecule has 1 aliphatic heterocycles. The molecular formula is C20H25N5OS. The van der Waals surface area contributed by atoms with Crippen molar-refractivity contribution in [3.05, 3.63) is 59.4 Å². The SMILES string of the molecule is c1cncc(CN(CCN2CCOCC2)Cc2cn[nH]c2-c2cccs2)c1. The molecule has 4 rings (SSSR count). The number of nitrogens with zero attached hydrogens (tertiary/aromatic N) is 4. The quantitative estimate of drug-likeness (QED) is 0.648. The highest BCUT2D eigenvalue weighted by Crippen LogP contribution is 2.27. The Morgan fingerprint density at radius 3 is 2.85 bits per heavy atom. The summed E-state index contributed by atoms with van der Waals surface area (Å²) >= 11 is 1.74. The Hall–Kier alpha value is -2.06. The van der Waals surface area contributed by atoms with Gasteiger partial charge >= 0.3 is 0 Å². The summed E-state index contributed by atoms with van der Waals surface area (Å²) in [6, 6.07) is 8.37. The van der Waals surface area contributed by atoms with E-state index in [4.69, 9.17) is 4.74 Å². The average molecular weight is 384 g/mol. The van der Waals surface area contributed by atoms with Crippen molar-refractivity contribution in [3.8, 4) is 10.6 Å². The zero-order valence-electron chi connectivity index (χ0n) is 15.4. The van der Waals surface area contributed by atoms with Crippen LogP contribution in [0.15, 0.2) is 48.2 Å². The van der Waals surface area contributed by atoms with Gasteiger partial charge in [0.25, 0.3) is 0 Å². The number of nitrogens with one attached hydrogen (secondary N) is 1. The van der Waals surface area contributed by atoms with Gasteiger partial charge in [0, 0.05) is 57.2 Å². The predicted octanol–water partition coefficient (Wildman–Crippen LogP) is 2.87. The van der Waals surface area contributed by atoms with Crippen LogP contribution in [0.4, 0.5) is 0 Å². The number of morpholine rings is 1. The van der Waals surface area contributed by atoms with E-state index in [0.29, 0.717) is 0 Å². The fourth-order valence-corrected chi connectivity index (χ4v) is 4.13. The normalized spacial score (nSPS) is 15.4. The van der Waals surface area contributed by atoms with Gasteiger partial charge < -0.3 is 4.74 Å². The first kappa shape index (κ1) is 18.3. The second-order valence-electron chi connectivity index (χ2n) is 6.77. The molecule has 0 aliphatic carbocycles. The van der Waals surface area contributed by atoms with E-state index in [9.17, 15) is 0 Å². The lowest BCUT2D eigenvalue weighted by Crippen LogP contribution is -2.41. The van der Waals surface area contributed by atoms with Crippen LogP contribution in [-0.4, -0.2) is 64.4 Å². The standard InChI is InChI=1S/C20H25N5OS/c1-3-17(13-21-5-1)15-25(7-6-24-8-10-26-11-9-24)16-18-14-22-23-20(18)19-4-2-12-27-19/h1-5,12-14H,6-11,15-16H2,(H,22,23). The minimum absolute atomic E-state index is 0.840. The van der Waals surface area contributed by atoms with E-state index in [0.717, 1.165) is 58.2 Å². The lowest BCUT2D eigenvalue weighted by molar-refractivity contribution is 0.0325. The van der Waals surface area contributed by atoms with Gasteiger partial charge in [-0.1, -0.05) is 12.1 Å². The molecular weight excluding hydrogens is 358 g/mol. The molecule has 0 amide bonds. The second-order valence-corrected chi connectivity index (χ2v) is 7.72. The summed E-state index contributed by atoms with van der Waals surface area (Å²) < 4.78 is 5.47. The summed E-state index contributed by atoms with van der Waals surface area (Å²) in [5, 5.41) is 9.58. The third kappa shape index (κ3) is 5.01. The molecule has 3 aromatic heterocycles. The summed E-state index contributed by atoms with van der Waals surface area (Å²) in [4.78, 5) is 10.5. The number of ether oxygens (including phenoxy) is 1. The minimum atomic E-state index is 0.840. The van der Waals surface area contributed by atoms with E-state index >= 15 is 0 Å². The second kappa shape index (κ2) is 9.23. The molecule has 3 aromatic rings. The van der Waals surface area contributed by atoms with Crippen molar-refractivity contribution in [1.82, 2.24) is 25.0 Å². The van der Waals surface area contributed by atoms with Gasteiger partial charge in [0.2, 0.25) is 0 Å². The van der Waals surface area contributed by atoms with Crippen molar-refractivity contribution in [2.45, 2.75) is 13.1 Å². The molecule has 1 saturated heterocycles. The van der Waals surface area contributed by atoms with Gasteiger partial charge in [0.15, 0.2) is 0 Å². The highest BCUT2D eigenvalue weighted by molar-refractivity contribution is 7.13. The molecule has 1 N–H and O–H groups in total. The molecule has 142 valence electrons. The molecule has 0 unspecified atom stereocenters. The minimum Gasteiger partial charge on any atom is -0.379 e. The van der Waals surface area contributed by atoms with Gasteiger partial charge in [-0.2, -0.15) is 5.10 Å². The zero-order chi connectivity index (χ0) is 18.3. The summed E-state index contributed by atoms with van der Waals surface area (Å²) in [6.45, 7) is 7.52. The molecule has 27 heavy (non-hydrogen) atoms. The molecule has 0 bridgehead atoms. The Kier molecular flexibility index (Phi) is 6.26. The molecule has 6 nitrogen and oxygen atoms in total. The van der Waals surface area contributed by atoms with Crippen molar-refractivity contribution in [3.63, 3.8) is 0 Å². The van der Waals surface area contributed by atoms with Gasteiger partial charge in [0.05, 0.1) is 30.0 Å². The van der Waals surface area contributed by atoms with Crippen molar-refractivity contribution < 1.29 is 4.74 Å². The maximum absolute atomic E-state index is 5.47. The van der Waals surface area contributed by atoms with Gasteiger partial charge in [-0.3, -0.25) is 19.9 Å². The zero-order valence-corrected chi connectivity index (χ0v) is 16.2. The topological polar surface area (TPSA) is 57.3 Å². The largest absolute Gasteiger partial charge is 0.379 e. The fourth-order valence-electron chi connectivity index (χ4n) is 3.38. The lowest BCUT2D eigenvalue weighted by atomic mass is 10.2. The number of H-pyrrole nitrogens is 1. The third-order valence-corrected chi connectivity index (χ3v) is 5.73. The summed E-state index contributed by atoms with van der Waals surface area (Å²) in [6.07, 6.45) is 5.74. The molecule has 0 radical (unpaired) electrons. The van der Waals surface area contributed by atoms with E-state index < -0.39 is 0 Å². The molecule has 7 heteroatoms. The first-order valence-electron chi connectivity index (χ1n) is 9.36. The predicted molar refractivity (Wildman–Crippen MR) is 108 cm³/mol. The summed E-state index contributed by atoms with van der Waals surface area (Å²) in [7, 11) is 0. The van der Waals surface area contributed by atoms with E-state index in [-0.39, 0.29) is 0 Å². The molecule has 0 spiro atoms. The van der Waals surface area contributed by atoms with Crippen molar-refractivity contribution in [2.75, 3.05) is 39.4 Å². The van der Waals surface area contributed by atoms with Gasteiger partial charge in [0.1, 0.15) is 0 Å². The van der Waals surface area contributed by atoms with Crippen LogP contribution in [0.1, 0.15) is 11.1 Å². The maximum atomic E-state index is 5.47. The Bertz CT molecular complexity index is 799. The van der Waals surface area contributed by atoms with Crippen LogP contribution in [0.5, 0.6) is 0 Å². The molecule has 0 atom stereocenters. The number of aromatic nitrogens is 3. The lowest BCUT2D eigenvalue weighted by Gasteiger charge is -2.30. The monoisotopic (exact) mass is 383 g/mol. The van der Waals surface area contributed by atoms with Crippen molar-refractivity contribution in [2.24, 2.45) is 0 Å². The van der Waals surface area contributed by atoms with Crippen LogP contribution in [0.2, 0.25) is 0 Å². The number of rotatable bonds is 8. The first-order valence-corrected chi connectivity index (χ1v) is 10.2. The highest BCUT2D eigenvalue weighted by Gasteiger charge is 2.16. The Morgan fingerprint density at radius 2 is 2.07 bits per heavy atom. The number of pyridine rings is 1. The van der Waals surface area contributed by atoms with E-state index in [1.807, 2.05) is 24.7 Å². The average Bonchev–Trinajstić information content (AvgIpc) is 3.39. The molecule has 1 aliphatic rings. The number of aromatic amines is 1. The van der Waals surface area contributed by atoms with Crippen LogP contribution in [0.3, 0.4) is 0 Å². The Labute approximate surface area is 163 Å². The molecule has 0 saturated carbocycles. The number of thiophene rings is 1.